The number of halogens is 2. The number of hydrogen-bond acceptors (Lipinski definition) is 4. The largest absolute Gasteiger partial charge is 0.497 e. The maximum Gasteiger partial charge on any atom is 0.316 e. The van der Waals surface area contributed by atoms with Crippen LogP contribution in [0.25, 0.3) is 11.0 Å². The van der Waals surface area contributed by atoms with Crippen LogP contribution in [0.3, 0.4) is 0 Å². The van der Waals surface area contributed by atoms with Crippen molar-refractivity contribution in [1.29, 1.82) is 0 Å². The Morgan fingerprint density at radius 2 is 1.92 bits per heavy atom. The predicted octanol–water partition coefficient (Wildman–Crippen LogP) is 4.47. The number of amides is 2. The molecule has 3 aromatic rings. The highest BCUT2D eigenvalue weighted by Crippen LogP contribution is 2.35. The Morgan fingerprint density at radius 1 is 1.16 bits per heavy atom. The Morgan fingerprint density at radius 3 is 2.56 bits per heavy atom. The summed E-state index contributed by atoms with van der Waals surface area (Å²) >= 11 is 12.0. The number of rotatable bonds is 4. The quantitative estimate of drug-likeness (QED) is 0.654. The van der Waals surface area contributed by atoms with E-state index in [-0.39, 0.29) is 22.0 Å². The van der Waals surface area contributed by atoms with Gasteiger partial charge in [-0.05, 0) is 30.3 Å². The van der Waals surface area contributed by atoms with E-state index in [4.69, 9.17) is 38.1 Å². The van der Waals surface area contributed by atoms with Gasteiger partial charge in [-0.25, -0.2) is 4.79 Å². The molecule has 8 heteroatoms. The Labute approximate surface area is 152 Å². The second-order valence-corrected chi connectivity index (χ2v) is 5.95. The number of fused-ring (bicyclic) bond motifs is 1. The fourth-order valence-electron chi connectivity index (χ4n) is 2.41. The number of carbonyl (C=O) groups excluding carboxylic acids is 2. The number of primary amides is 1. The summed E-state index contributed by atoms with van der Waals surface area (Å²) in [7, 11) is 1.51. The number of methoxy groups -OCH3 is 1. The smallest absolute Gasteiger partial charge is 0.316 e. The van der Waals surface area contributed by atoms with Crippen molar-refractivity contribution in [2.75, 3.05) is 12.4 Å². The molecule has 6 nitrogen and oxygen atoms in total. The van der Waals surface area contributed by atoms with E-state index in [1.165, 1.54) is 25.3 Å². The number of carbonyl (C=O) groups is 2. The van der Waals surface area contributed by atoms with Crippen LogP contribution in [-0.2, 0) is 0 Å². The third-order valence-corrected chi connectivity index (χ3v) is 4.08. The van der Waals surface area contributed by atoms with E-state index in [9.17, 15) is 9.59 Å². The normalized spacial score (nSPS) is 10.7. The highest BCUT2D eigenvalue weighted by molar-refractivity contribution is 6.37. The van der Waals surface area contributed by atoms with E-state index in [2.05, 4.69) is 5.32 Å². The molecule has 1 heterocycles. The standard InChI is InChI=1S/C17H12Cl2N2O4/c1-24-9-3-5-11-13(7-9)25-16(14(11)21-17(20)23)15(22)10-4-2-8(18)6-12(10)19/h2-7H,1H3,(H3,20,21,23). The summed E-state index contributed by atoms with van der Waals surface area (Å²) in [5, 5.41) is 3.50. The first-order valence-corrected chi connectivity index (χ1v) is 7.83. The van der Waals surface area contributed by atoms with Gasteiger partial charge in [0.1, 0.15) is 17.0 Å². The SMILES string of the molecule is COc1ccc2c(NC(N)=O)c(C(=O)c3ccc(Cl)cc3Cl)oc2c1. The van der Waals surface area contributed by atoms with Gasteiger partial charge in [-0.2, -0.15) is 0 Å². The van der Waals surface area contributed by atoms with Crippen molar-refractivity contribution in [2.24, 2.45) is 5.73 Å². The van der Waals surface area contributed by atoms with E-state index >= 15 is 0 Å². The third kappa shape index (κ3) is 3.26. The molecule has 0 fully saturated rings. The second-order valence-electron chi connectivity index (χ2n) is 5.11. The van der Waals surface area contributed by atoms with Crippen molar-refractivity contribution in [3.8, 4) is 5.75 Å². The van der Waals surface area contributed by atoms with Gasteiger partial charge < -0.3 is 20.2 Å². The molecule has 0 saturated heterocycles. The van der Waals surface area contributed by atoms with Crippen molar-refractivity contribution in [1.82, 2.24) is 0 Å². The molecule has 128 valence electrons. The van der Waals surface area contributed by atoms with Crippen molar-refractivity contribution < 1.29 is 18.7 Å². The van der Waals surface area contributed by atoms with Gasteiger partial charge in [0.05, 0.1) is 12.1 Å². The molecule has 0 atom stereocenters. The van der Waals surface area contributed by atoms with Crippen LogP contribution in [-0.4, -0.2) is 18.9 Å². The molecule has 3 N–H and O–H groups in total. The number of nitrogens with two attached hydrogens (primary N) is 1. The molecule has 0 aliphatic rings. The Hall–Kier alpha value is -2.70. The van der Waals surface area contributed by atoms with E-state index in [0.717, 1.165) is 0 Å². The number of ketones is 1. The van der Waals surface area contributed by atoms with Crippen LogP contribution in [0.15, 0.2) is 40.8 Å². The minimum absolute atomic E-state index is 0.0914. The molecule has 0 saturated carbocycles. The molecular formula is C17H12Cl2N2O4. The van der Waals surface area contributed by atoms with Gasteiger partial charge in [0.2, 0.25) is 5.78 Å². The highest BCUT2D eigenvalue weighted by Gasteiger charge is 2.25. The molecule has 0 bridgehead atoms. The Balaban J connectivity index is 2.19. The van der Waals surface area contributed by atoms with Crippen molar-refractivity contribution >= 4 is 51.7 Å². The van der Waals surface area contributed by atoms with Gasteiger partial charge in [0.15, 0.2) is 5.76 Å². The van der Waals surface area contributed by atoms with Gasteiger partial charge in [-0.1, -0.05) is 23.2 Å². The second kappa shape index (κ2) is 6.66. The van der Waals surface area contributed by atoms with Crippen molar-refractivity contribution in [3.05, 3.63) is 57.8 Å². The third-order valence-electron chi connectivity index (χ3n) is 3.53. The molecule has 2 aromatic carbocycles. The van der Waals surface area contributed by atoms with Crippen LogP contribution in [0.5, 0.6) is 5.75 Å². The lowest BCUT2D eigenvalue weighted by atomic mass is 10.1. The molecule has 25 heavy (non-hydrogen) atoms. The first-order valence-electron chi connectivity index (χ1n) is 7.07. The summed E-state index contributed by atoms with van der Waals surface area (Å²) in [6.07, 6.45) is 0. The first-order chi connectivity index (χ1) is 11.9. The molecule has 0 aliphatic carbocycles. The van der Waals surface area contributed by atoms with Crippen molar-refractivity contribution in [2.45, 2.75) is 0 Å². The number of urea groups is 1. The molecule has 0 aliphatic heterocycles. The van der Waals surface area contributed by atoms with E-state index < -0.39 is 11.8 Å². The Bertz CT molecular complexity index is 998. The van der Waals surface area contributed by atoms with Gasteiger partial charge in [0, 0.05) is 22.0 Å². The lowest BCUT2D eigenvalue weighted by Gasteiger charge is -2.05. The zero-order valence-corrected chi connectivity index (χ0v) is 14.4. The zero-order chi connectivity index (χ0) is 18.1. The number of ether oxygens (including phenoxy) is 1. The first kappa shape index (κ1) is 17.1. The molecule has 3 rings (SSSR count). The average Bonchev–Trinajstić information content (AvgIpc) is 2.91. The van der Waals surface area contributed by atoms with Crippen molar-refractivity contribution in [3.63, 3.8) is 0 Å². The molecule has 0 unspecified atom stereocenters. The van der Waals surface area contributed by atoms with Crippen LogP contribution in [0, 0.1) is 0 Å². The monoisotopic (exact) mass is 378 g/mol. The molecule has 1 aromatic heterocycles. The Kier molecular flexibility index (Phi) is 4.57. The molecule has 2 amide bonds. The van der Waals surface area contributed by atoms with Crippen LogP contribution < -0.4 is 15.8 Å². The van der Waals surface area contributed by atoms with E-state index in [0.29, 0.717) is 21.7 Å². The van der Waals surface area contributed by atoms with Crippen LogP contribution in [0.4, 0.5) is 10.5 Å². The minimum atomic E-state index is -0.824. The number of benzene rings is 2. The maximum atomic E-state index is 12.9. The fourth-order valence-corrected chi connectivity index (χ4v) is 2.90. The number of hydrogen-bond donors (Lipinski definition) is 2. The summed E-state index contributed by atoms with van der Waals surface area (Å²) in [5.74, 6) is -0.0674. The highest BCUT2D eigenvalue weighted by atomic mass is 35.5. The van der Waals surface area contributed by atoms with E-state index in [1.54, 1.807) is 18.2 Å². The lowest BCUT2D eigenvalue weighted by Crippen LogP contribution is -2.20. The van der Waals surface area contributed by atoms with E-state index in [1.807, 2.05) is 0 Å². The lowest BCUT2D eigenvalue weighted by molar-refractivity contribution is 0.101. The number of nitrogens with one attached hydrogen (secondary N) is 1. The maximum absolute atomic E-state index is 12.9. The summed E-state index contributed by atoms with van der Waals surface area (Å²) in [6, 6.07) is 8.57. The summed E-state index contributed by atoms with van der Waals surface area (Å²) in [4.78, 5) is 24.2. The van der Waals surface area contributed by atoms with Gasteiger partial charge in [0.25, 0.3) is 0 Å². The van der Waals surface area contributed by atoms with Gasteiger partial charge in [-0.15, -0.1) is 0 Å². The zero-order valence-electron chi connectivity index (χ0n) is 12.9. The minimum Gasteiger partial charge on any atom is -0.497 e. The van der Waals surface area contributed by atoms with Gasteiger partial charge in [-0.3, -0.25) is 4.79 Å². The van der Waals surface area contributed by atoms with Crippen LogP contribution in [0.2, 0.25) is 10.0 Å². The van der Waals surface area contributed by atoms with Gasteiger partial charge >= 0.3 is 6.03 Å². The topological polar surface area (TPSA) is 94.6 Å². The van der Waals surface area contributed by atoms with Crippen LogP contribution in [0.1, 0.15) is 16.1 Å². The summed E-state index contributed by atoms with van der Waals surface area (Å²) < 4.78 is 10.8. The molecule has 0 spiro atoms. The number of anilines is 1. The average molecular weight is 379 g/mol. The summed E-state index contributed by atoms with van der Waals surface area (Å²) in [5.41, 5.74) is 5.93. The number of furan rings is 1. The fraction of sp³-hybridized carbons (Fsp3) is 0.0588. The predicted molar refractivity (Wildman–Crippen MR) is 95.9 cm³/mol. The van der Waals surface area contributed by atoms with Crippen LogP contribution >= 0.6 is 23.2 Å². The summed E-state index contributed by atoms with van der Waals surface area (Å²) in [6.45, 7) is 0. The molecular weight excluding hydrogens is 367 g/mol. The molecule has 0 radical (unpaired) electrons.